The van der Waals surface area contributed by atoms with Crippen LogP contribution in [0.4, 0.5) is 5.69 Å². The Morgan fingerprint density at radius 1 is 1.35 bits per heavy atom. The molecule has 1 aromatic carbocycles. The van der Waals surface area contributed by atoms with Gasteiger partial charge in [-0.15, -0.1) is 11.8 Å². The molecule has 3 N–H and O–H groups in total. The first kappa shape index (κ1) is 16.4. The minimum absolute atomic E-state index is 0.0675. The number of anilines is 1. The molecular weight excluding hydrogens is 276 g/mol. The van der Waals surface area contributed by atoms with E-state index in [1.807, 2.05) is 18.2 Å². The molecule has 1 aromatic rings. The number of thioether (sulfide) groups is 1. The fourth-order valence-corrected chi connectivity index (χ4v) is 2.30. The van der Waals surface area contributed by atoms with Crippen LogP contribution in [0.2, 0.25) is 0 Å². The summed E-state index contributed by atoms with van der Waals surface area (Å²) in [4.78, 5) is 23.6. The van der Waals surface area contributed by atoms with Crippen molar-refractivity contribution in [1.82, 2.24) is 5.32 Å². The van der Waals surface area contributed by atoms with Crippen molar-refractivity contribution >= 4 is 29.3 Å². The summed E-state index contributed by atoms with van der Waals surface area (Å²) in [6, 6.07) is 7.43. The van der Waals surface area contributed by atoms with Gasteiger partial charge in [0.05, 0.1) is 12.4 Å². The molecule has 0 bridgehead atoms. The first-order valence-electron chi connectivity index (χ1n) is 6.53. The van der Waals surface area contributed by atoms with Crippen LogP contribution in [0.5, 0.6) is 0 Å². The molecule has 0 radical (unpaired) electrons. The smallest absolute Gasteiger partial charge is 0.305 e. The predicted octanol–water partition coefficient (Wildman–Crippen LogP) is 1.82. The van der Waals surface area contributed by atoms with Gasteiger partial charge in [-0.1, -0.05) is 12.1 Å². The monoisotopic (exact) mass is 296 g/mol. The fraction of sp³-hybridized carbons (Fsp3) is 0.429. The van der Waals surface area contributed by atoms with Crippen molar-refractivity contribution in [2.75, 3.05) is 24.6 Å². The number of hydrogen-bond donors (Lipinski definition) is 2. The lowest BCUT2D eigenvalue weighted by Crippen LogP contribution is -2.26. The third-order valence-electron chi connectivity index (χ3n) is 2.46. The Morgan fingerprint density at radius 3 is 2.80 bits per heavy atom. The number of amides is 1. The standard InChI is InChI=1S/C14H20N2O3S/c1-2-19-14(18)8-5-9-16-13(17)10-20-12-7-4-3-6-11(12)15/h3-4,6-7H,2,5,8-10,15H2,1H3,(H,16,17). The number of nitrogen functional groups attached to an aromatic ring is 1. The minimum atomic E-state index is -0.229. The van der Waals surface area contributed by atoms with Crippen LogP contribution in [-0.2, 0) is 14.3 Å². The number of hydrogen-bond acceptors (Lipinski definition) is 5. The van der Waals surface area contributed by atoms with E-state index in [2.05, 4.69) is 5.32 Å². The largest absolute Gasteiger partial charge is 0.466 e. The maximum atomic E-state index is 11.6. The Kier molecular flexibility index (Phi) is 7.57. The fourth-order valence-electron chi connectivity index (χ4n) is 1.50. The Hall–Kier alpha value is -1.69. The van der Waals surface area contributed by atoms with Gasteiger partial charge in [-0.2, -0.15) is 0 Å². The van der Waals surface area contributed by atoms with Crippen LogP contribution in [0, 0.1) is 0 Å². The summed E-state index contributed by atoms with van der Waals surface area (Å²) in [6.45, 7) is 2.63. The number of para-hydroxylation sites is 1. The molecule has 1 amide bonds. The van der Waals surface area contributed by atoms with Crippen LogP contribution in [0.15, 0.2) is 29.2 Å². The van der Waals surface area contributed by atoms with Gasteiger partial charge in [-0.25, -0.2) is 0 Å². The van der Waals surface area contributed by atoms with Gasteiger partial charge >= 0.3 is 5.97 Å². The van der Waals surface area contributed by atoms with Crippen LogP contribution in [0.3, 0.4) is 0 Å². The van der Waals surface area contributed by atoms with Crippen molar-refractivity contribution < 1.29 is 14.3 Å². The molecule has 20 heavy (non-hydrogen) atoms. The van der Waals surface area contributed by atoms with Crippen LogP contribution in [0.25, 0.3) is 0 Å². The van der Waals surface area contributed by atoms with E-state index in [1.54, 1.807) is 13.0 Å². The summed E-state index contributed by atoms with van der Waals surface area (Å²) in [6.07, 6.45) is 0.912. The van der Waals surface area contributed by atoms with Gasteiger partial charge in [0.25, 0.3) is 0 Å². The lowest BCUT2D eigenvalue weighted by molar-refractivity contribution is -0.143. The summed E-state index contributed by atoms with van der Waals surface area (Å²) >= 11 is 1.40. The van der Waals surface area contributed by atoms with E-state index in [0.29, 0.717) is 37.4 Å². The van der Waals surface area contributed by atoms with E-state index in [4.69, 9.17) is 10.5 Å². The highest BCUT2D eigenvalue weighted by atomic mass is 32.2. The molecule has 110 valence electrons. The van der Waals surface area contributed by atoms with Gasteiger partial charge in [0.1, 0.15) is 0 Å². The van der Waals surface area contributed by atoms with Crippen molar-refractivity contribution in [3.63, 3.8) is 0 Å². The van der Waals surface area contributed by atoms with E-state index in [1.165, 1.54) is 11.8 Å². The van der Waals surface area contributed by atoms with Crippen LogP contribution >= 0.6 is 11.8 Å². The number of benzene rings is 1. The van der Waals surface area contributed by atoms with Gasteiger partial charge in [-0.3, -0.25) is 9.59 Å². The molecular formula is C14H20N2O3S. The number of carbonyl (C=O) groups is 2. The molecule has 0 spiro atoms. The summed E-state index contributed by atoms with van der Waals surface area (Å²) in [5, 5.41) is 2.76. The van der Waals surface area contributed by atoms with Crippen molar-refractivity contribution in [3.8, 4) is 0 Å². The second-order valence-corrected chi connectivity index (χ2v) is 5.10. The zero-order valence-electron chi connectivity index (χ0n) is 11.6. The van der Waals surface area contributed by atoms with Crippen LogP contribution in [0.1, 0.15) is 19.8 Å². The van der Waals surface area contributed by atoms with Gasteiger partial charge in [0, 0.05) is 23.5 Å². The second kappa shape index (κ2) is 9.25. The zero-order chi connectivity index (χ0) is 14.8. The molecule has 5 nitrogen and oxygen atoms in total. The van der Waals surface area contributed by atoms with E-state index >= 15 is 0 Å². The highest BCUT2D eigenvalue weighted by Crippen LogP contribution is 2.23. The molecule has 0 saturated heterocycles. The average molecular weight is 296 g/mol. The first-order valence-corrected chi connectivity index (χ1v) is 7.51. The molecule has 0 fully saturated rings. The van der Waals surface area contributed by atoms with Gasteiger partial charge in [-0.05, 0) is 25.5 Å². The molecule has 0 heterocycles. The predicted molar refractivity (Wildman–Crippen MR) is 80.5 cm³/mol. The lowest BCUT2D eigenvalue weighted by atomic mass is 10.3. The number of esters is 1. The number of nitrogens with two attached hydrogens (primary N) is 1. The minimum Gasteiger partial charge on any atom is -0.466 e. The second-order valence-electron chi connectivity index (χ2n) is 4.09. The van der Waals surface area contributed by atoms with Crippen molar-refractivity contribution in [2.45, 2.75) is 24.7 Å². The zero-order valence-corrected chi connectivity index (χ0v) is 12.4. The van der Waals surface area contributed by atoms with Crippen molar-refractivity contribution in [1.29, 1.82) is 0 Å². The molecule has 0 unspecified atom stereocenters. The lowest BCUT2D eigenvalue weighted by Gasteiger charge is -2.06. The molecule has 0 aliphatic rings. The van der Waals surface area contributed by atoms with Gasteiger partial charge in [0.15, 0.2) is 0 Å². The topological polar surface area (TPSA) is 81.4 Å². The van der Waals surface area contributed by atoms with Crippen LogP contribution < -0.4 is 11.1 Å². The normalized spacial score (nSPS) is 10.1. The molecule has 0 atom stereocenters. The van der Waals surface area contributed by atoms with E-state index in [-0.39, 0.29) is 11.9 Å². The van der Waals surface area contributed by atoms with E-state index in [0.717, 1.165) is 4.90 Å². The van der Waals surface area contributed by atoms with E-state index < -0.39 is 0 Å². The summed E-state index contributed by atoms with van der Waals surface area (Å²) in [7, 11) is 0. The highest BCUT2D eigenvalue weighted by molar-refractivity contribution is 8.00. The summed E-state index contributed by atoms with van der Waals surface area (Å²) < 4.78 is 4.80. The molecule has 1 rings (SSSR count). The first-order chi connectivity index (χ1) is 9.63. The Labute approximate surface area is 123 Å². The quantitative estimate of drug-likeness (QED) is 0.331. The Morgan fingerprint density at radius 2 is 2.10 bits per heavy atom. The maximum absolute atomic E-state index is 11.6. The summed E-state index contributed by atoms with van der Waals surface area (Å²) in [5.74, 6) is 0.0171. The van der Waals surface area contributed by atoms with Crippen molar-refractivity contribution in [2.24, 2.45) is 0 Å². The number of rotatable bonds is 8. The SMILES string of the molecule is CCOC(=O)CCCNC(=O)CSc1ccccc1N. The molecule has 0 saturated carbocycles. The van der Waals surface area contributed by atoms with Gasteiger partial charge < -0.3 is 15.8 Å². The van der Waals surface area contributed by atoms with Crippen molar-refractivity contribution in [3.05, 3.63) is 24.3 Å². The average Bonchev–Trinajstić information content (AvgIpc) is 2.43. The van der Waals surface area contributed by atoms with Crippen LogP contribution in [-0.4, -0.2) is 30.8 Å². The van der Waals surface area contributed by atoms with E-state index in [9.17, 15) is 9.59 Å². The number of carbonyl (C=O) groups excluding carboxylic acids is 2. The number of ether oxygens (including phenoxy) is 1. The molecule has 0 aromatic heterocycles. The summed E-state index contributed by atoms with van der Waals surface area (Å²) in [5.41, 5.74) is 6.46. The Balaban J connectivity index is 2.15. The molecule has 0 aliphatic heterocycles. The molecule has 6 heteroatoms. The third kappa shape index (κ3) is 6.47. The molecule has 0 aliphatic carbocycles. The maximum Gasteiger partial charge on any atom is 0.305 e. The Bertz CT molecular complexity index is 452. The third-order valence-corrected chi connectivity index (χ3v) is 3.55. The number of nitrogens with one attached hydrogen (secondary N) is 1. The van der Waals surface area contributed by atoms with Gasteiger partial charge in [0.2, 0.25) is 5.91 Å². The highest BCUT2D eigenvalue weighted by Gasteiger charge is 2.05.